The highest BCUT2D eigenvalue weighted by Gasteiger charge is 2.30. The average Bonchev–Trinajstić information content (AvgIpc) is 3.38. The number of hydrogen-bond acceptors (Lipinski definition) is 6. The zero-order valence-corrected chi connectivity index (χ0v) is 51.4. The highest BCUT2D eigenvalue weighted by molar-refractivity contribution is 7.47. The van der Waals surface area contributed by atoms with Gasteiger partial charge in [0.15, 0.2) is 0 Å². The van der Waals surface area contributed by atoms with E-state index in [-0.39, 0.29) is 31.5 Å². The molecule has 0 saturated heterocycles. The molecule has 0 radical (unpaired) electrons. The first-order valence-electron chi connectivity index (χ1n) is 31.8. The van der Waals surface area contributed by atoms with Crippen LogP contribution in [0.1, 0.15) is 284 Å². The standard InChI is InChI=1S/C66H121N2O7P/c1-7-10-13-16-19-22-25-27-29-31-32-33-34-35-36-37-39-41-44-47-50-53-56-59-66(70)75-64(57-54-51-48-45-42-24-21-18-15-12-9-3)63(62-74-76(71,72)73-61-60-68(4,5)6)67-65(69)58-55-52-49-46-43-40-38-30-28-26-23-20-17-14-11-8-2/h19,22,27,29-30,32-33,38,40,43,54,57,63-64H,7-18,20-21,23-26,28,31,34-37,39,41-42,44-53,55-56,58-62H2,1-6H3,(H-,67,69,71,72)/p+1/b22-19-,29-27-,33-32-,38-30+,43-40+,57-54-. The number of carbonyl (C=O) groups excluding carboxylic acids is 2. The second kappa shape index (κ2) is 55.8. The number of phosphoric acid groups is 1. The Labute approximate surface area is 470 Å². The molecule has 442 valence electrons. The molecule has 0 aliphatic heterocycles. The van der Waals surface area contributed by atoms with Gasteiger partial charge in [-0.25, -0.2) is 4.57 Å². The Hall–Kier alpha value is -2.55. The molecular weight excluding hydrogens is 964 g/mol. The summed E-state index contributed by atoms with van der Waals surface area (Å²) in [5.41, 5.74) is 0. The Balaban J connectivity index is 5.20. The van der Waals surface area contributed by atoms with E-state index < -0.39 is 20.0 Å². The first-order chi connectivity index (χ1) is 36.9. The van der Waals surface area contributed by atoms with Crippen molar-refractivity contribution in [1.82, 2.24) is 5.32 Å². The fourth-order valence-corrected chi connectivity index (χ4v) is 9.67. The third-order valence-electron chi connectivity index (χ3n) is 13.9. The van der Waals surface area contributed by atoms with Crippen LogP contribution in [0.3, 0.4) is 0 Å². The Bertz CT molecular complexity index is 1530. The lowest BCUT2D eigenvalue weighted by Crippen LogP contribution is -2.47. The van der Waals surface area contributed by atoms with Gasteiger partial charge in [-0.2, -0.15) is 0 Å². The molecule has 9 nitrogen and oxygen atoms in total. The van der Waals surface area contributed by atoms with Crippen LogP contribution >= 0.6 is 7.82 Å². The highest BCUT2D eigenvalue weighted by Crippen LogP contribution is 2.43. The van der Waals surface area contributed by atoms with E-state index in [2.05, 4.69) is 86.8 Å². The molecule has 3 atom stereocenters. The van der Waals surface area contributed by atoms with E-state index in [0.717, 1.165) is 77.0 Å². The molecule has 0 aromatic heterocycles. The topological polar surface area (TPSA) is 111 Å². The second-order valence-electron chi connectivity index (χ2n) is 22.6. The molecule has 76 heavy (non-hydrogen) atoms. The fraction of sp³-hybridized carbons (Fsp3) is 0.788. The van der Waals surface area contributed by atoms with Crippen LogP contribution in [0, 0.1) is 0 Å². The van der Waals surface area contributed by atoms with Crippen molar-refractivity contribution < 1.29 is 37.3 Å². The van der Waals surface area contributed by atoms with E-state index >= 15 is 0 Å². The number of esters is 1. The molecule has 0 aliphatic carbocycles. The van der Waals surface area contributed by atoms with Gasteiger partial charge in [-0.3, -0.25) is 18.6 Å². The number of unbranched alkanes of at least 4 members (excludes halogenated alkanes) is 32. The van der Waals surface area contributed by atoms with Crippen LogP contribution in [0.4, 0.5) is 0 Å². The second-order valence-corrected chi connectivity index (χ2v) is 24.1. The van der Waals surface area contributed by atoms with Gasteiger partial charge in [0.25, 0.3) is 0 Å². The number of phosphoric ester groups is 1. The Morgan fingerprint density at radius 1 is 0.474 bits per heavy atom. The maximum Gasteiger partial charge on any atom is 0.472 e. The molecule has 0 bridgehead atoms. The lowest BCUT2D eigenvalue weighted by atomic mass is 10.0. The normalized spacial score (nSPS) is 14.1. The number of nitrogens with zero attached hydrogens (tertiary/aromatic N) is 1. The monoisotopic (exact) mass is 1090 g/mol. The summed E-state index contributed by atoms with van der Waals surface area (Å²) in [5, 5.41) is 3.04. The van der Waals surface area contributed by atoms with Crippen molar-refractivity contribution >= 4 is 19.7 Å². The predicted octanol–water partition coefficient (Wildman–Crippen LogP) is 19.6. The summed E-state index contributed by atoms with van der Waals surface area (Å²) < 4.78 is 30.7. The fourth-order valence-electron chi connectivity index (χ4n) is 8.94. The quantitative estimate of drug-likeness (QED) is 0.0156. The van der Waals surface area contributed by atoms with Gasteiger partial charge >= 0.3 is 13.8 Å². The molecule has 2 N–H and O–H groups in total. The molecule has 0 aliphatic rings. The summed E-state index contributed by atoms with van der Waals surface area (Å²) in [6, 6.07) is -0.865. The number of quaternary nitrogens is 1. The van der Waals surface area contributed by atoms with Crippen molar-refractivity contribution in [2.75, 3.05) is 40.9 Å². The number of likely N-dealkylation sites (N-methyl/N-ethyl adjacent to an activating group) is 1. The lowest BCUT2D eigenvalue weighted by Gasteiger charge is -2.27. The molecule has 0 heterocycles. The molecular formula is C66H122N2O7P+. The Kier molecular flexibility index (Phi) is 53.9. The smallest absolute Gasteiger partial charge is 0.456 e. The van der Waals surface area contributed by atoms with Gasteiger partial charge in [0, 0.05) is 12.8 Å². The van der Waals surface area contributed by atoms with Crippen molar-refractivity contribution in [3.8, 4) is 0 Å². The maximum atomic E-state index is 13.5. The van der Waals surface area contributed by atoms with Crippen molar-refractivity contribution in [2.45, 2.75) is 296 Å². The largest absolute Gasteiger partial charge is 0.472 e. The number of rotatable bonds is 57. The molecule has 1 amide bonds. The number of amides is 1. The van der Waals surface area contributed by atoms with Crippen LogP contribution in [0.5, 0.6) is 0 Å². The van der Waals surface area contributed by atoms with E-state index in [1.165, 1.54) is 167 Å². The van der Waals surface area contributed by atoms with Gasteiger partial charge in [-0.1, -0.05) is 248 Å². The van der Waals surface area contributed by atoms with Crippen molar-refractivity contribution in [2.24, 2.45) is 0 Å². The van der Waals surface area contributed by atoms with Gasteiger partial charge in [0.1, 0.15) is 19.3 Å². The minimum Gasteiger partial charge on any atom is -0.456 e. The van der Waals surface area contributed by atoms with E-state index in [1.54, 1.807) is 0 Å². The van der Waals surface area contributed by atoms with Crippen molar-refractivity contribution in [3.63, 3.8) is 0 Å². The van der Waals surface area contributed by atoms with Gasteiger partial charge in [-0.15, -0.1) is 0 Å². The van der Waals surface area contributed by atoms with Crippen LogP contribution in [0.2, 0.25) is 0 Å². The van der Waals surface area contributed by atoms with Crippen LogP contribution in [-0.4, -0.2) is 74.3 Å². The number of hydrogen-bond donors (Lipinski definition) is 2. The summed E-state index contributed by atoms with van der Waals surface area (Å²) >= 11 is 0. The van der Waals surface area contributed by atoms with E-state index in [4.69, 9.17) is 13.8 Å². The van der Waals surface area contributed by atoms with Crippen LogP contribution in [0.15, 0.2) is 72.9 Å². The summed E-state index contributed by atoms with van der Waals surface area (Å²) in [6.07, 6.45) is 71.9. The van der Waals surface area contributed by atoms with Crippen LogP contribution in [-0.2, 0) is 27.9 Å². The number of ether oxygens (including phenoxy) is 1. The van der Waals surface area contributed by atoms with Crippen molar-refractivity contribution in [1.29, 1.82) is 0 Å². The molecule has 0 fully saturated rings. The minimum absolute atomic E-state index is 0.0326. The van der Waals surface area contributed by atoms with E-state index in [0.29, 0.717) is 23.9 Å². The van der Waals surface area contributed by atoms with E-state index in [1.807, 2.05) is 33.3 Å². The third-order valence-corrected chi connectivity index (χ3v) is 14.9. The van der Waals surface area contributed by atoms with Crippen molar-refractivity contribution in [3.05, 3.63) is 72.9 Å². The summed E-state index contributed by atoms with van der Waals surface area (Å²) in [7, 11) is 1.47. The molecule has 0 aromatic rings. The Morgan fingerprint density at radius 2 is 0.842 bits per heavy atom. The predicted molar refractivity (Wildman–Crippen MR) is 328 cm³/mol. The SMILES string of the molecule is CCCCC/C=C\C/C=C\C/C=C\CCCCCCCCCCCCC(=O)OC(/C=C\CCCCCCCCCCC)C(COP(=O)(O)OCC[N+](C)(C)C)NC(=O)CCCCC/C=C/C=C/CCCCCCCCC. The third kappa shape index (κ3) is 56.2. The zero-order valence-electron chi connectivity index (χ0n) is 50.5. The maximum absolute atomic E-state index is 13.5. The summed E-state index contributed by atoms with van der Waals surface area (Å²) in [6.45, 7) is 6.96. The molecule has 3 unspecified atom stereocenters. The zero-order chi connectivity index (χ0) is 55.7. The number of allylic oxidation sites excluding steroid dienone is 11. The number of carbonyl (C=O) groups is 2. The highest BCUT2D eigenvalue weighted by atomic mass is 31.2. The lowest BCUT2D eigenvalue weighted by molar-refractivity contribution is -0.870. The van der Waals surface area contributed by atoms with Gasteiger partial charge in [0.05, 0.1) is 33.8 Å². The first-order valence-corrected chi connectivity index (χ1v) is 33.3. The molecule has 0 rings (SSSR count). The first kappa shape index (κ1) is 73.5. The minimum atomic E-state index is -4.46. The summed E-state index contributed by atoms with van der Waals surface area (Å²) in [5.74, 6) is -0.538. The van der Waals surface area contributed by atoms with Gasteiger partial charge < -0.3 is 19.4 Å². The average molecular weight is 1090 g/mol. The number of nitrogens with one attached hydrogen (secondary N) is 1. The van der Waals surface area contributed by atoms with Crippen LogP contribution < -0.4 is 5.32 Å². The molecule has 0 spiro atoms. The van der Waals surface area contributed by atoms with Crippen LogP contribution in [0.25, 0.3) is 0 Å². The molecule has 0 saturated carbocycles. The molecule has 10 heteroatoms. The molecule has 0 aromatic carbocycles. The van der Waals surface area contributed by atoms with Gasteiger partial charge in [-0.05, 0) is 96.0 Å². The van der Waals surface area contributed by atoms with Gasteiger partial charge in [0.2, 0.25) is 5.91 Å². The summed E-state index contributed by atoms with van der Waals surface area (Å²) in [4.78, 5) is 37.7. The Morgan fingerprint density at radius 3 is 1.32 bits per heavy atom. The van der Waals surface area contributed by atoms with E-state index in [9.17, 15) is 19.0 Å².